The Hall–Kier alpha value is -0.800. The molecular weight excluding hydrogens is 176 g/mol. The van der Waals surface area contributed by atoms with Crippen LogP contribution in [-0.4, -0.2) is 19.1 Å². The molecule has 1 rings (SSSR count). The van der Waals surface area contributed by atoms with Crippen molar-refractivity contribution < 1.29 is 4.74 Å². The largest absolute Gasteiger partial charge is 0.481 e. The molecule has 0 atom stereocenters. The van der Waals surface area contributed by atoms with Crippen molar-refractivity contribution in [2.24, 2.45) is 0 Å². The molecule has 0 aromatic carbocycles. The summed E-state index contributed by atoms with van der Waals surface area (Å²) in [5, 5.41) is 3.05. The Morgan fingerprint density at radius 2 is 2.33 bits per heavy atom. The van der Waals surface area contributed by atoms with Crippen LogP contribution in [0.3, 0.4) is 0 Å². The maximum atomic E-state index is 4.96. The van der Waals surface area contributed by atoms with Gasteiger partial charge in [-0.3, -0.25) is 0 Å². The molecule has 0 aliphatic rings. The highest BCUT2D eigenvalue weighted by Gasteiger charge is 1.93. The lowest BCUT2D eigenvalue weighted by Gasteiger charge is -2.01. The Labute approximate surface area is 78.6 Å². The zero-order valence-electron chi connectivity index (χ0n) is 7.20. The SMILES string of the molecule is CNCc1ccnc(OC)c1.Cl. The van der Waals surface area contributed by atoms with E-state index in [9.17, 15) is 0 Å². The predicted molar refractivity (Wildman–Crippen MR) is 50.8 cm³/mol. The summed E-state index contributed by atoms with van der Waals surface area (Å²) in [5.74, 6) is 0.665. The number of pyridine rings is 1. The maximum absolute atomic E-state index is 4.96. The quantitative estimate of drug-likeness (QED) is 0.775. The molecule has 0 aliphatic heterocycles. The van der Waals surface area contributed by atoms with E-state index in [1.54, 1.807) is 13.3 Å². The van der Waals surface area contributed by atoms with Gasteiger partial charge in [-0.15, -0.1) is 12.4 Å². The summed E-state index contributed by atoms with van der Waals surface area (Å²) in [7, 11) is 3.53. The summed E-state index contributed by atoms with van der Waals surface area (Å²) in [6.45, 7) is 0.846. The van der Waals surface area contributed by atoms with Crippen molar-refractivity contribution >= 4 is 12.4 Å². The first kappa shape index (κ1) is 11.2. The van der Waals surface area contributed by atoms with Gasteiger partial charge in [-0.25, -0.2) is 4.98 Å². The zero-order chi connectivity index (χ0) is 8.10. The van der Waals surface area contributed by atoms with Crippen LogP contribution < -0.4 is 10.1 Å². The minimum Gasteiger partial charge on any atom is -0.481 e. The van der Waals surface area contributed by atoms with E-state index in [0.717, 1.165) is 6.54 Å². The van der Waals surface area contributed by atoms with Gasteiger partial charge in [-0.2, -0.15) is 0 Å². The summed E-state index contributed by atoms with van der Waals surface area (Å²) in [6.07, 6.45) is 1.74. The molecule has 1 N–H and O–H groups in total. The molecular formula is C8H13ClN2O. The molecule has 0 saturated carbocycles. The van der Waals surface area contributed by atoms with Crippen LogP contribution in [0.15, 0.2) is 18.3 Å². The zero-order valence-corrected chi connectivity index (χ0v) is 8.02. The summed E-state index contributed by atoms with van der Waals surface area (Å²) in [5.41, 5.74) is 1.18. The van der Waals surface area contributed by atoms with Gasteiger partial charge in [0.15, 0.2) is 0 Å². The molecule has 0 unspecified atom stereocenters. The molecule has 4 heteroatoms. The molecule has 0 bridgehead atoms. The van der Waals surface area contributed by atoms with E-state index in [4.69, 9.17) is 4.74 Å². The first-order valence-corrected chi connectivity index (χ1v) is 3.50. The van der Waals surface area contributed by atoms with E-state index in [1.807, 2.05) is 19.2 Å². The average molecular weight is 189 g/mol. The van der Waals surface area contributed by atoms with Gasteiger partial charge in [0.05, 0.1) is 7.11 Å². The fourth-order valence-corrected chi connectivity index (χ4v) is 0.876. The summed E-state index contributed by atoms with van der Waals surface area (Å²) in [6, 6.07) is 3.87. The van der Waals surface area contributed by atoms with Crippen molar-refractivity contribution in [3.8, 4) is 5.88 Å². The molecule has 0 amide bonds. The predicted octanol–water partition coefficient (Wildman–Crippen LogP) is 1.23. The maximum Gasteiger partial charge on any atom is 0.213 e. The lowest BCUT2D eigenvalue weighted by Crippen LogP contribution is -2.05. The van der Waals surface area contributed by atoms with E-state index >= 15 is 0 Å². The monoisotopic (exact) mass is 188 g/mol. The third-order valence-electron chi connectivity index (χ3n) is 1.39. The minimum absolute atomic E-state index is 0. The molecule has 0 saturated heterocycles. The Balaban J connectivity index is 0.00000121. The van der Waals surface area contributed by atoms with Gasteiger partial charge in [0, 0.05) is 18.8 Å². The van der Waals surface area contributed by atoms with E-state index in [2.05, 4.69) is 10.3 Å². The lowest BCUT2D eigenvalue weighted by atomic mass is 10.3. The number of aromatic nitrogens is 1. The number of halogens is 1. The summed E-state index contributed by atoms with van der Waals surface area (Å²) >= 11 is 0. The lowest BCUT2D eigenvalue weighted by molar-refractivity contribution is 0.397. The Morgan fingerprint density at radius 3 is 2.92 bits per heavy atom. The average Bonchev–Trinajstić information content (AvgIpc) is 2.06. The fraction of sp³-hybridized carbons (Fsp3) is 0.375. The summed E-state index contributed by atoms with van der Waals surface area (Å²) in [4.78, 5) is 3.99. The molecule has 0 aliphatic carbocycles. The highest BCUT2D eigenvalue weighted by molar-refractivity contribution is 5.85. The number of hydrogen-bond donors (Lipinski definition) is 1. The minimum atomic E-state index is 0. The molecule has 1 heterocycles. The van der Waals surface area contributed by atoms with Crippen LogP contribution in [0.4, 0.5) is 0 Å². The van der Waals surface area contributed by atoms with Gasteiger partial charge in [-0.05, 0) is 18.7 Å². The molecule has 1 aromatic rings. The van der Waals surface area contributed by atoms with Crippen molar-refractivity contribution in [2.75, 3.05) is 14.2 Å². The number of nitrogens with zero attached hydrogens (tertiary/aromatic N) is 1. The second kappa shape index (κ2) is 5.80. The van der Waals surface area contributed by atoms with Crippen molar-refractivity contribution in [1.29, 1.82) is 0 Å². The van der Waals surface area contributed by atoms with Gasteiger partial charge < -0.3 is 10.1 Å². The van der Waals surface area contributed by atoms with Crippen molar-refractivity contribution in [3.05, 3.63) is 23.9 Å². The van der Waals surface area contributed by atoms with E-state index < -0.39 is 0 Å². The molecule has 12 heavy (non-hydrogen) atoms. The van der Waals surface area contributed by atoms with E-state index in [-0.39, 0.29) is 12.4 Å². The van der Waals surface area contributed by atoms with Gasteiger partial charge in [0.1, 0.15) is 0 Å². The second-order valence-corrected chi connectivity index (χ2v) is 2.24. The standard InChI is InChI=1S/C8H12N2O.ClH/c1-9-6-7-3-4-10-8(5-7)11-2;/h3-5,9H,6H2,1-2H3;1H. The number of methoxy groups -OCH3 is 1. The Bertz CT molecular complexity index is 230. The summed E-state index contributed by atoms with van der Waals surface area (Å²) < 4.78 is 4.96. The van der Waals surface area contributed by atoms with Gasteiger partial charge >= 0.3 is 0 Å². The molecule has 1 aromatic heterocycles. The highest BCUT2D eigenvalue weighted by atomic mass is 35.5. The topological polar surface area (TPSA) is 34.2 Å². The van der Waals surface area contributed by atoms with Gasteiger partial charge in [-0.1, -0.05) is 0 Å². The van der Waals surface area contributed by atoms with Crippen LogP contribution in [-0.2, 0) is 6.54 Å². The fourth-order valence-electron chi connectivity index (χ4n) is 0.876. The normalized spacial score (nSPS) is 8.83. The molecule has 0 radical (unpaired) electrons. The van der Waals surface area contributed by atoms with Crippen molar-refractivity contribution in [3.63, 3.8) is 0 Å². The Kier molecular flexibility index (Phi) is 5.41. The first-order valence-electron chi connectivity index (χ1n) is 3.50. The van der Waals surface area contributed by atoms with Crippen LogP contribution in [0.2, 0.25) is 0 Å². The third-order valence-corrected chi connectivity index (χ3v) is 1.39. The van der Waals surface area contributed by atoms with Gasteiger partial charge in [0.25, 0.3) is 0 Å². The number of nitrogens with one attached hydrogen (secondary N) is 1. The smallest absolute Gasteiger partial charge is 0.213 e. The molecule has 3 nitrogen and oxygen atoms in total. The van der Waals surface area contributed by atoms with E-state index in [1.165, 1.54) is 5.56 Å². The highest BCUT2D eigenvalue weighted by Crippen LogP contribution is 2.07. The van der Waals surface area contributed by atoms with Crippen LogP contribution in [0.25, 0.3) is 0 Å². The number of ether oxygens (including phenoxy) is 1. The Morgan fingerprint density at radius 1 is 1.58 bits per heavy atom. The molecule has 68 valence electrons. The van der Waals surface area contributed by atoms with Crippen LogP contribution in [0.1, 0.15) is 5.56 Å². The first-order chi connectivity index (χ1) is 5.36. The molecule has 0 fully saturated rings. The van der Waals surface area contributed by atoms with Crippen molar-refractivity contribution in [1.82, 2.24) is 10.3 Å². The van der Waals surface area contributed by atoms with Gasteiger partial charge in [0.2, 0.25) is 5.88 Å². The molecule has 0 spiro atoms. The second-order valence-electron chi connectivity index (χ2n) is 2.24. The van der Waals surface area contributed by atoms with Crippen molar-refractivity contribution in [2.45, 2.75) is 6.54 Å². The van der Waals surface area contributed by atoms with Crippen LogP contribution in [0, 0.1) is 0 Å². The van der Waals surface area contributed by atoms with Crippen LogP contribution >= 0.6 is 12.4 Å². The van der Waals surface area contributed by atoms with E-state index in [0.29, 0.717) is 5.88 Å². The number of hydrogen-bond acceptors (Lipinski definition) is 3. The van der Waals surface area contributed by atoms with Crippen LogP contribution in [0.5, 0.6) is 5.88 Å². The number of rotatable bonds is 3. The third kappa shape index (κ3) is 3.07.